The number of Topliss-reactive ketones (excluding diaryl/α,β-unsaturated/α-hetero) is 2. The Balaban J connectivity index is 4.15. The third-order valence-electron chi connectivity index (χ3n) is 1.64. The summed E-state index contributed by atoms with van der Waals surface area (Å²) in [6.07, 6.45) is -0.365. The van der Waals surface area contributed by atoms with Crippen LogP contribution < -0.4 is 0 Å². The van der Waals surface area contributed by atoms with Gasteiger partial charge in [0.1, 0.15) is 11.9 Å². The predicted molar refractivity (Wildman–Crippen MR) is 45.9 cm³/mol. The van der Waals surface area contributed by atoms with E-state index in [2.05, 4.69) is 0 Å². The molecule has 1 unspecified atom stereocenters. The maximum absolute atomic E-state index is 11.3. The van der Waals surface area contributed by atoms with Gasteiger partial charge in [0.15, 0.2) is 5.78 Å². The standard InChI is InChI=1S/C9H16O3/c1-6(2)9(11)8(12-4)5-7(3)10/h6,8H,5H2,1-4H3. The molecule has 0 aliphatic rings. The topological polar surface area (TPSA) is 43.4 Å². The van der Waals surface area contributed by atoms with Gasteiger partial charge in [-0.25, -0.2) is 0 Å². The molecule has 0 fully saturated rings. The summed E-state index contributed by atoms with van der Waals surface area (Å²) in [6.45, 7) is 5.06. The Morgan fingerprint density at radius 1 is 1.33 bits per heavy atom. The van der Waals surface area contributed by atoms with Gasteiger partial charge < -0.3 is 4.74 Å². The molecule has 0 aliphatic heterocycles. The molecular formula is C9H16O3. The van der Waals surface area contributed by atoms with Crippen molar-refractivity contribution in [2.75, 3.05) is 7.11 Å². The summed E-state index contributed by atoms with van der Waals surface area (Å²) in [6, 6.07) is 0. The fraction of sp³-hybridized carbons (Fsp3) is 0.778. The van der Waals surface area contributed by atoms with Crippen molar-refractivity contribution < 1.29 is 14.3 Å². The molecule has 12 heavy (non-hydrogen) atoms. The molecule has 1 atom stereocenters. The van der Waals surface area contributed by atoms with Crippen molar-refractivity contribution in [3.05, 3.63) is 0 Å². The molecule has 0 bridgehead atoms. The summed E-state index contributed by atoms with van der Waals surface area (Å²) >= 11 is 0. The Kier molecular flexibility index (Phi) is 4.74. The molecule has 3 nitrogen and oxygen atoms in total. The van der Waals surface area contributed by atoms with Crippen molar-refractivity contribution >= 4 is 11.6 Å². The number of methoxy groups -OCH3 is 1. The summed E-state index contributed by atoms with van der Waals surface area (Å²) in [4.78, 5) is 22.0. The molecule has 0 radical (unpaired) electrons. The van der Waals surface area contributed by atoms with Gasteiger partial charge in [0.25, 0.3) is 0 Å². The number of rotatable bonds is 5. The zero-order chi connectivity index (χ0) is 9.72. The highest BCUT2D eigenvalue weighted by atomic mass is 16.5. The molecule has 0 aromatic heterocycles. The van der Waals surface area contributed by atoms with Gasteiger partial charge in [0, 0.05) is 19.4 Å². The lowest BCUT2D eigenvalue weighted by Gasteiger charge is -2.14. The first-order chi connectivity index (χ1) is 5.49. The van der Waals surface area contributed by atoms with Crippen LogP contribution in [0, 0.1) is 5.92 Å². The van der Waals surface area contributed by atoms with Crippen LogP contribution in [0.2, 0.25) is 0 Å². The molecule has 3 heteroatoms. The van der Waals surface area contributed by atoms with Gasteiger partial charge in [0.05, 0.1) is 0 Å². The number of carbonyl (C=O) groups excluding carboxylic acids is 2. The number of ketones is 2. The van der Waals surface area contributed by atoms with Gasteiger partial charge >= 0.3 is 0 Å². The Labute approximate surface area is 73.1 Å². The largest absolute Gasteiger partial charge is 0.373 e. The highest BCUT2D eigenvalue weighted by molar-refractivity contribution is 5.89. The van der Waals surface area contributed by atoms with Crippen LogP contribution in [0.15, 0.2) is 0 Å². The molecule has 0 N–H and O–H groups in total. The van der Waals surface area contributed by atoms with Crippen LogP contribution in [-0.4, -0.2) is 24.8 Å². The maximum Gasteiger partial charge on any atom is 0.164 e. The van der Waals surface area contributed by atoms with Crippen molar-refractivity contribution in [1.82, 2.24) is 0 Å². The number of hydrogen-bond donors (Lipinski definition) is 0. The van der Waals surface area contributed by atoms with Gasteiger partial charge in [-0.05, 0) is 6.92 Å². The minimum absolute atomic E-state index is 0.00676. The molecule has 0 aliphatic carbocycles. The lowest BCUT2D eigenvalue weighted by atomic mass is 10.0. The molecule has 0 amide bonds. The van der Waals surface area contributed by atoms with Crippen LogP contribution in [0.25, 0.3) is 0 Å². The highest BCUT2D eigenvalue weighted by Crippen LogP contribution is 2.06. The Morgan fingerprint density at radius 3 is 2.08 bits per heavy atom. The third kappa shape index (κ3) is 3.62. The Hall–Kier alpha value is -0.700. The summed E-state index contributed by atoms with van der Waals surface area (Å²) in [5.41, 5.74) is 0. The van der Waals surface area contributed by atoms with E-state index < -0.39 is 6.10 Å². The lowest BCUT2D eigenvalue weighted by molar-refractivity contribution is -0.135. The molecule has 0 heterocycles. The second-order valence-electron chi connectivity index (χ2n) is 3.19. The molecule has 0 spiro atoms. The summed E-state index contributed by atoms with van der Waals surface area (Å²) in [5, 5.41) is 0. The Bertz CT molecular complexity index is 173. The van der Waals surface area contributed by atoms with Crippen molar-refractivity contribution in [3.8, 4) is 0 Å². The molecule has 0 aromatic rings. The summed E-state index contributed by atoms with van der Waals surface area (Å²) in [7, 11) is 1.45. The van der Waals surface area contributed by atoms with Gasteiger partial charge in [-0.1, -0.05) is 13.8 Å². The third-order valence-corrected chi connectivity index (χ3v) is 1.64. The van der Waals surface area contributed by atoms with E-state index in [0.717, 1.165) is 0 Å². The zero-order valence-electron chi connectivity index (χ0n) is 8.09. The van der Waals surface area contributed by atoms with Gasteiger partial charge in [-0.15, -0.1) is 0 Å². The molecule has 0 saturated carbocycles. The van der Waals surface area contributed by atoms with E-state index in [1.54, 1.807) is 13.8 Å². The summed E-state index contributed by atoms with van der Waals surface area (Å²) in [5.74, 6) is -0.0992. The SMILES string of the molecule is COC(CC(C)=O)C(=O)C(C)C. The maximum atomic E-state index is 11.3. The average Bonchev–Trinajstić information content (AvgIpc) is 1.98. The fourth-order valence-corrected chi connectivity index (χ4v) is 0.933. The zero-order valence-corrected chi connectivity index (χ0v) is 8.09. The van der Waals surface area contributed by atoms with Crippen LogP contribution in [0.4, 0.5) is 0 Å². The van der Waals surface area contributed by atoms with E-state index in [1.165, 1.54) is 14.0 Å². The first-order valence-corrected chi connectivity index (χ1v) is 4.05. The van der Waals surface area contributed by atoms with E-state index in [9.17, 15) is 9.59 Å². The minimum atomic E-state index is -0.553. The van der Waals surface area contributed by atoms with Crippen LogP contribution >= 0.6 is 0 Å². The molecule has 70 valence electrons. The van der Waals surface area contributed by atoms with Crippen LogP contribution in [0.3, 0.4) is 0 Å². The molecule has 0 aromatic carbocycles. The van der Waals surface area contributed by atoms with Crippen molar-refractivity contribution in [2.24, 2.45) is 5.92 Å². The average molecular weight is 172 g/mol. The smallest absolute Gasteiger partial charge is 0.164 e. The van der Waals surface area contributed by atoms with Crippen molar-refractivity contribution in [3.63, 3.8) is 0 Å². The first kappa shape index (κ1) is 11.3. The second-order valence-corrected chi connectivity index (χ2v) is 3.19. The van der Waals surface area contributed by atoms with Gasteiger partial charge in [-0.2, -0.15) is 0 Å². The van der Waals surface area contributed by atoms with Crippen molar-refractivity contribution in [1.29, 1.82) is 0 Å². The quantitative estimate of drug-likeness (QED) is 0.626. The number of ether oxygens (including phenoxy) is 1. The lowest BCUT2D eigenvalue weighted by Crippen LogP contribution is -2.29. The monoisotopic (exact) mass is 172 g/mol. The minimum Gasteiger partial charge on any atom is -0.373 e. The summed E-state index contributed by atoms with van der Waals surface area (Å²) < 4.78 is 4.91. The molecule has 0 rings (SSSR count). The normalized spacial score (nSPS) is 13.1. The first-order valence-electron chi connectivity index (χ1n) is 4.05. The van der Waals surface area contributed by atoms with E-state index in [1.807, 2.05) is 0 Å². The van der Waals surface area contributed by atoms with Crippen LogP contribution in [0.5, 0.6) is 0 Å². The fourth-order valence-electron chi connectivity index (χ4n) is 0.933. The van der Waals surface area contributed by atoms with Crippen LogP contribution in [0.1, 0.15) is 27.2 Å². The van der Waals surface area contributed by atoms with Crippen molar-refractivity contribution in [2.45, 2.75) is 33.3 Å². The second kappa shape index (κ2) is 5.04. The van der Waals surface area contributed by atoms with E-state index in [0.29, 0.717) is 0 Å². The van der Waals surface area contributed by atoms with E-state index >= 15 is 0 Å². The molecule has 0 saturated heterocycles. The number of carbonyl (C=O) groups is 2. The Morgan fingerprint density at radius 2 is 1.83 bits per heavy atom. The van der Waals surface area contributed by atoms with Crippen LogP contribution in [-0.2, 0) is 14.3 Å². The highest BCUT2D eigenvalue weighted by Gasteiger charge is 2.21. The van der Waals surface area contributed by atoms with Gasteiger partial charge in [0.2, 0.25) is 0 Å². The molecular weight excluding hydrogens is 156 g/mol. The number of hydrogen-bond acceptors (Lipinski definition) is 3. The van der Waals surface area contributed by atoms with E-state index in [4.69, 9.17) is 4.74 Å². The predicted octanol–water partition coefficient (Wildman–Crippen LogP) is 1.21. The van der Waals surface area contributed by atoms with Gasteiger partial charge in [-0.3, -0.25) is 9.59 Å². The van der Waals surface area contributed by atoms with E-state index in [-0.39, 0.29) is 23.9 Å².